The Balaban J connectivity index is 1.58. The lowest BCUT2D eigenvalue weighted by Gasteiger charge is -2.28. The molecule has 8 nitrogen and oxygen atoms in total. The number of pyridine rings is 1. The Bertz CT molecular complexity index is 1340. The summed E-state index contributed by atoms with van der Waals surface area (Å²) in [6, 6.07) is 4.99. The molecule has 0 bridgehead atoms. The number of hydrogen-bond acceptors (Lipinski definition) is 5. The molecule has 1 aliphatic carbocycles. The highest BCUT2D eigenvalue weighted by Gasteiger charge is 2.29. The Morgan fingerprint density at radius 3 is 2.68 bits per heavy atom. The van der Waals surface area contributed by atoms with Crippen molar-refractivity contribution in [3.63, 3.8) is 0 Å². The molecule has 0 radical (unpaired) electrons. The molecule has 2 atom stereocenters. The van der Waals surface area contributed by atoms with Crippen molar-refractivity contribution in [3.05, 3.63) is 42.1 Å². The van der Waals surface area contributed by atoms with Gasteiger partial charge in [0.05, 0.1) is 18.1 Å². The summed E-state index contributed by atoms with van der Waals surface area (Å²) >= 11 is 0. The van der Waals surface area contributed by atoms with E-state index in [4.69, 9.17) is 0 Å². The summed E-state index contributed by atoms with van der Waals surface area (Å²) in [7, 11) is -3.33. The number of amides is 1. The van der Waals surface area contributed by atoms with Crippen LogP contribution in [0.2, 0.25) is 0 Å². The number of aromatic nitrogens is 3. The van der Waals surface area contributed by atoms with E-state index in [0.717, 1.165) is 23.8 Å². The van der Waals surface area contributed by atoms with E-state index in [1.54, 1.807) is 18.6 Å². The van der Waals surface area contributed by atoms with Gasteiger partial charge in [0.1, 0.15) is 11.3 Å². The Labute approximate surface area is 199 Å². The molecule has 182 valence electrons. The van der Waals surface area contributed by atoms with E-state index in [0.29, 0.717) is 41.7 Å². The van der Waals surface area contributed by atoms with E-state index in [1.165, 1.54) is 6.07 Å². The summed E-state index contributed by atoms with van der Waals surface area (Å²) in [4.78, 5) is 21.5. The van der Waals surface area contributed by atoms with E-state index in [1.807, 2.05) is 31.4 Å². The van der Waals surface area contributed by atoms with E-state index in [9.17, 15) is 17.6 Å². The normalized spacial score (nSPS) is 19.0. The SMILES string of the molecule is Cc1cnc(NC(=O)[C@H]2CCC[C@@H](NS(C)(=O)=O)C2)cc1-c1cc(F)c2ncn(C(C)C)c2c1. The van der Waals surface area contributed by atoms with Crippen LogP contribution in [0, 0.1) is 18.7 Å². The van der Waals surface area contributed by atoms with Crippen molar-refractivity contribution in [1.29, 1.82) is 0 Å². The predicted octanol–water partition coefficient (Wildman–Crippen LogP) is 4.17. The Morgan fingerprint density at radius 1 is 1.21 bits per heavy atom. The molecule has 1 aromatic carbocycles. The van der Waals surface area contributed by atoms with Crippen LogP contribution in [0.15, 0.2) is 30.7 Å². The number of anilines is 1. The zero-order valence-corrected chi connectivity index (χ0v) is 20.6. The monoisotopic (exact) mass is 487 g/mol. The van der Waals surface area contributed by atoms with Gasteiger partial charge in [-0.05, 0) is 74.9 Å². The molecule has 0 unspecified atom stereocenters. The first-order valence-electron chi connectivity index (χ1n) is 11.4. The number of fused-ring (bicyclic) bond motifs is 1. The number of imidazole rings is 1. The Hall–Kier alpha value is -2.85. The molecule has 0 saturated heterocycles. The Kier molecular flexibility index (Phi) is 6.73. The minimum Gasteiger partial charge on any atom is -0.328 e. The summed E-state index contributed by atoms with van der Waals surface area (Å²) in [6.45, 7) is 5.91. The van der Waals surface area contributed by atoms with Crippen molar-refractivity contribution in [2.75, 3.05) is 11.6 Å². The van der Waals surface area contributed by atoms with Crippen molar-refractivity contribution in [1.82, 2.24) is 19.3 Å². The molecule has 1 saturated carbocycles. The van der Waals surface area contributed by atoms with Crippen molar-refractivity contribution in [2.24, 2.45) is 5.92 Å². The number of nitrogens with zero attached hydrogens (tertiary/aromatic N) is 3. The van der Waals surface area contributed by atoms with Gasteiger partial charge in [0.2, 0.25) is 15.9 Å². The standard InChI is InChI=1S/C24H30FN5O3S/c1-14(2)30-13-27-23-20(25)9-17(10-21(23)30)19-11-22(26-12-15(19)3)28-24(31)16-6-5-7-18(8-16)29-34(4,32)33/h9-14,16,18,29H,5-8H2,1-4H3,(H,26,28,31)/t16-,18+/m0/s1. The van der Waals surface area contributed by atoms with Crippen LogP contribution in [-0.4, -0.2) is 41.2 Å². The van der Waals surface area contributed by atoms with Gasteiger partial charge < -0.3 is 9.88 Å². The minimum absolute atomic E-state index is 0.129. The average molecular weight is 488 g/mol. The smallest absolute Gasteiger partial charge is 0.228 e. The van der Waals surface area contributed by atoms with Crippen molar-refractivity contribution < 1.29 is 17.6 Å². The van der Waals surface area contributed by atoms with Crippen LogP contribution < -0.4 is 10.0 Å². The van der Waals surface area contributed by atoms with Crippen molar-refractivity contribution in [3.8, 4) is 11.1 Å². The first-order chi connectivity index (χ1) is 16.0. The van der Waals surface area contributed by atoms with Crippen LogP contribution >= 0.6 is 0 Å². The zero-order valence-electron chi connectivity index (χ0n) is 19.8. The van der Waals surface area contributed by atoms with Crippen LogP contribution in [0.3, 0.4) is 0 Å². The van der Waals surface area contributed by atoms with Gasteiger partial charge in [-0.1, -0.05) is 6.42 Å². The number of hydrogen-bond donors (Lipinski definition) is 2. The largest absolute Gasteiger partial charge is 0.328 e. The van der Waals surface area contributed by atoms with Crippen LogP contribution in [0.4, 0.5) is 10.2 Å². The molecule has 34 heavy (non-hydrogen) atoms. The van der Waals surface area contributed by atoms with Gasteiger partial charge in [-0.3, -0.25) is 4.79 Å². The third-order valence-corrected chi connectivity index (χ3v) is 7.04. The molecule has 4 rings (SSSR count). The van der Waals surface area contributed by atoms with Crippen LogP contribution in [0.5, 0.6) is 0 Å². The topological polar surface area (TPSA) is 106 Å². The molecular formula is C24H30FN5O3S. The highest BCUT2D eigenvalue weighted by molar-refractivity contribution is 7.88. The highest BCUT2D eigenvalue weighted by Crippen LogP contribution is 2.31. The third kappa shape index (κ3) is 5.28. The first kappa shape index (κ1) is 24.3. The van der Waals surface area contributed by atoms with Crippen LogP contribution in [-0.2, 0) is 14.8 Å². The lowest BCUT2D eigenvalue weighted by molar-refractivity contribution is -0.121. The molecule has 3 aromatic rings. The van der Waals surface area contributed by atoms with Gasteiger partial charge >= 0.3 is 0 Å². The lowest BCUT2D eigenvalue weighted by atomic mass is 9.85. The average Bonchev–Trinajstić information content (AvgIpc) is 3.19. The van der Waals surface area contributed by atoms with Gasteiger partial charge in [-0.15, -0.1) is 0 Å². The quantitative estimate of drug-likeness (QED) is 0.543. The predicted molar refractivity (Wildman–Crippen MR) is 130 cm³/mol. The maximum absolute atomic E-state index is 14.8. The fourth-order valence-corrected chi connectivity index (χ4v) is 5.45. The van der Waals surface area contributed by atoms with Crippen LogP contribution in [0.25, 0.3) is 22.2 Å². The number of aryl methyl sites for hydroxylation is 1. The van der Waals surface area contributed by atoms with Gasteiger partial charge in [-0.25, -0.2) is 27.5 Å². The van der Waals surface area contributed by atoms with E-state index in [-0.39, 0.29) is 23.9 Å². The second kappa shape index (κ2) is 9.42. The molecule has 2 heterocycles. The number of rotatable bonds is 6. The summed E-state index contributed by atoms with van der Waals surface area (Å²) in [5.41, 5.74) is 3.33. The van der Waals surface area contributed by atoms with E-state index in [2.05, 4.69) is 20.0 Å². The van der Waals surface area contributed by atoms with Crippen molar-refractivity contribution in [2.45, 2.75) is 58.5 Å². The van der Waals surface area contributed by atoms with Crippen molar-refractivity contribution >= 4 is 32.8 Å². The summed E-state index contributed by atoms with van der Waals surface area (Å²) in [6.07, 6.45) is 7.03. The number of halogens is 1. The number of carbonyl (C=O) groups excluding carboxylic acids is 1. The lowest BCUT2D eigenvalue weighted by Crippen LogP contribution is -2.40. The van der Waals surface area contributed by atoms with Crippen LogP contribution in [0.1, 0.15) is 51.1 Å². The fourth-order valence-electron chi connectivity index (χ4n) is 4.63. The second-order valence-corrected chi connectivity index (χ2v) is 11.2. The number of sulfonamides is 1. The van der Waals surface area contributed by atoms with E-state index < -0.39 is 15.8 Å². The number of nitrogens with one attached hydrogen (secondary N) is 2. The fraction of sp³-hybridized carbons (Fsp3) is 0.458. The first-order valence-corrected chi connectivity index (χ1v) is 13.3. The Morgan fingerprint density at radius 2 is 1.97 bits per heavy atom. The summed E-state index contributed by atoms with van der Waals surface area (Å²) in [5.74, 6) is -0.530. The van der Waals surface area contributed by atoms with Gasteiger partial charge in [0.25, 0.3) is 0 Å². The van der Waals surface area contributed by atoms with Gasteiger partial charge in [0.15, 0.2) is 5.82 Å². The molecule has 0 spiro atoms. The van der Waals surface area contributed by atoms with Gasteiger partial charge in [-0.2, -0.15) is 0 Å². The molecule has 10 heteroatoms. The molecule has 2 N–H and O–H groups in total. The highest BCUT2D eigenvalue weighted by atomic mass is 32.2. The molecule has 1 amide bonds. The summed E-state index contributed by atoms with van der Waals surface area (Å²) in [5, 5.41) is 2.87. The van der Waals surface area contributed by atoms with E-state index >= 15 is 0 Å². The molecular weight excluding hydrogens is 457 g/mol. The third-order valence-electron chi connectivity index (χ3n) is 6.28. The summed E-state index contributed by atoms with van der Waals surface area (Å²) < 4.78 is 42.5. The second-order valence-electron chi connectivity index (χ2n) is 9.40. The molecule has 2 aromatic heterocycles. The number of benzene rings is 1. The minimum atomic E-state index is -3.33. The van der Waals surface area contributed by atoms with Gasteiger partial charge in [0, 0.05) is 24.2 Å². The molecule has 1 fully saturated rings. The maximum atomic E-state index is 14.8. The maximum Gasteiger partial charge on any atom is 0.228 e. The zero-order chi connectivity index (χ0) is 24.6. The number of carbonyl (C=O) groups is 1. The molecule has 0 aliphatic heterocycles. The molecule has 1 aliphatic rings.